The Morgan fingerprint density at radius 1 is 1.44 bits per heavy atom. The monoisotopic (exact) mass is 265 g/mol. The summed E-state index contributed by atoms with van der Waals surface area (Å²) in [5, 5.41) is 10.6. The fourth-order valence-corrected chi connectivity index (χ4v) is 3.70. The second-order valence-corrected chi connectivity index (χ2v) is 6.41. The van der Waals surface area contributed by atoms with Crippen molar-refractivity contribution in [3.63, 3.8) is 0 Å². The van der Waals surface area contributed by atoms with Gasteiger partial charge in [0.1, 0.15) is 0 Å². The van der Waals surface area contributed by atoms with Gasteiger partial charge >= 0.3 is 0 Å². The molecule has 0 aliphatic heterocycles. The number of aryl methyl sites for hydroxylation is 1. The molecule has 3 N–H and O–H groups in total. The average Bonchev–Trinajstić information content (AvgIpc) is 2.79. The molecular weight excluding hydrogens is 242 g/mol. The van der Waals surface area contributed by atoms with E-state index in [0.717, 1.165) is 30.8 Å². The maximum atomic E-state index is 10.6. The van der Waals surface area contributed by atoms with E-state index in [1.165, 1.54) is 11.1 Å². The first kappa shape index (κ1) is 13.9. The van der Waals surface area contributed by atoms with Gasteiger partial charge in [0, 0.05) is 12.0 Å². The van der Waals surface area contributed by atoms with E-state index in [1.54, 1.807) is 0 Å². The summed E-state index contributed by atoms with van der Waals surface area (Å²) in [4.78, 5) is 0. The Labute approximate surface area is 114 Å². The topological polar surface area (TPSA) is 46.2 Å². The summed E-state index contributed by atoms with van der Waals surface area (Å²) >= 11 is 1.88. The van der Waals surface area contributed by atoms with Crippen LogP contribution in [0, 0.1) is 0 Å². The SMILES string of the molecule is CCSCCC(O)C1(CN)CCc2ccccc21. The molecule has 0 amide bonds. The van der Waals surface area contributed by atoms with Crippen LogP contribution in [-0.2, 0) is 11.8 Å². The maximum Gasteiger partial charge on any atom is 0.0657 e. The molecule has 1 aliphatic rings. The molecular formula is C15H23NOS. The Bertz CT molecular complexity index is 396. The number of aliphatic hydroxyl groups excluding tert-OH is 1. The minimum absolute atomic E-state index is 0.203. The van der Waals surface area contributed by atoms with Gasteiger partial charge in [-0.3, -0.25) is 0 Å². The van der Waals surface area contributed by atoms with Crippen LogP contribution in [0.1, 0.15) is 30.9 Å². The first-order valence-corrected chi connectivity index (χ1v) is 7.94. The molecule has 100 valence electrons. The second-order valence-electron chi connectivity index (χ2n) is 5.02. The summed E-state index contributed by atoms with van der Waals surface area (Å²) < 4.78 is 0. The van der Waals surface area contributed by atoms with E-state index in [9.17, 15) is 5.11 Å². The molecule has 0 radical (unpaired) electrons. The van der Waals surface area contributed by atoms with E-state index in [4.69, 9.17) is 5.73 Å². The summed E-state index contributed by atoms with van der Waals surface area (Å²) in [5.41, 5.74) is 8.46. The normalized spacial score (nSPS) is 23.9. The number of aliphatic hydroxyl groups is 1. The van der Waals surface area contributed by atoms with E-state index < -0.39 is 0 Å². The van der Waals surface area contributed by atoms with Crippen molar-refractivity contribution in [3.05, 3.63) is 35.4 Å². The third-order valence-electron chi connectivity index (χ3n) is 4.14. The van der Waals surface area contributed by atoms with Crippen LogP contribution in [0.15, 0.2) is 24.3 Å². The van der Waals surface area contributed by atoms with Crippen LogP contribution in [-0.4, -0.2) is 29.3 Å². The van der Waals surface area contributed by atoms with Crippen LogP contribution < -0.4 is 5.73 Å². The van der Waals surface area contributed by atoms with E-state index in [1.807, 2.05) is 11.8 Å². The quantitative estimate of drug-likeness (QED) is 0.776. The zero-order chi connectivity index (χ0) is 13.0. The van der Waals surface area contributed by atoms with E-state index in [2.05, 4.69) is 31.2 Å². The third kappa shape index (κ3) is 2.44. The van der Waals surface area contributed by atoms with E-state index in [0.29, 0.717) is 6.54 Å². The molecule has 1 aromatic carbocycles. The van der Waals surface area contributed by atoms with Gasteiger partial charge in [0.2, 0.25) is 0 Å². The third-order valence-corrected chi connectivity index (χ3v) is 5.07. The van der Waals surface area contributed by atoms with Crippen LogP contribution >= 0.6 is 11.8 Å². The van der Waals surface area contributed by atoms with Gasteiger partial charge in [0.15, 0.2) is 0 Å². The lowest BCUT2D eigenvalue weighted by Gasteiger charge is -2.34. The van der Waals surface area contributed by atoms with Crippen molar-refractivity contribution in [2.24, 2.45) is 5.73 Å². The predicted octanol–water partition coefficient (Wildman–Crippen LogP) is 2.33. The molecule has 2 atom stereocenters. The number of thioether (sulfide) groups is 1. The highest BCUT2D eigenvalue weighted by Crippen LogP contribution is 2.41. The Hall–Kier alpha value is -0.510. The van der Waals surface area contributed by atoms with Crippen molar-refractivity contribution >= 4 is 11.8 Å². The molecule has 18 heavy (non-hydrogen) atoms. The number of benzene rings is 1. The molecule has 0 saturated heterocycles. The van der Waals surface area contributed by atoms with Gasteiger partial charge in [-0.15, -0.1) is 0 Å². The molecule has 1 aromatic rings. The molecule has 0 saturated carbocycles. The van der Waals surface area contributed by atoms with Gasteiger partial charge in [-0.25, -0.2) is 0 Å². The highest BCUT2D eigenvalue weighted by Gasteiger charge is 2.42. The number of hydrogen-bond acceptors (Lipinski definition) is 3. The predicted molar refractivity (Wildman–Crippen MR) is 79.1 cm³/mol. The molecule has 0 bridgehead atoms. The molecule has 1 aliphatic carbocycles. The van der Waals surface area contributed by atoms with Crippen molar-refractivity contribution in [2.75, 3.05) is 18.1 Å². The molecule has 0 heterocycles. The fourth-order valence-electron chi connectivity index (χ4n) is 3.03. The highest BCUT2D eigenvalue weighted by atomic mass is 32.2. The first-order valence-electron chi connectivity index (χ1n) is 6.79. The zero-order valence-corrected chi connectivity index (χ0v) is 11.9. The van der Waals surface area contributed by atoms with Gasteiger partial charge in [0.25, 0.3) is 0 Å². The molecule has 2 nitrogen and oxygen atoms in total. The fraction of sp³-hybridized carbons (Fsp3) is 0.600. The van der Waals surface area contributed by atoms with Crippen molar-refractivity contribution in [3.8, 4) is 0 Å². The summed E-state index contributed by atoms with van der Waals surface area (Å²) in [5.74, 6) is 2.13. The van der Waals surface area contributed by atoms with E-state index >= 15 is 0 Å². The van der Waals surface area contributed by atoms with E-state index in [-0.39, 0.29) is 11.5 Å². The summed E-state index contributed by atoms with van der Waals surface area (Å²) in [6.07, 6.45) is 2.56. The number of rotatable bonds is 6. The summed E-state index contributed by atoms with van der Waals surface area (Å²) in [7, 11) is 0. The lowest BCUT2D eigenvalue weighted by Crippen LogP contribution is -2.44. The molecule has 3 heteroatoms. The number of fused-ring (bicyclic) bond motifs is 1. The minimum Gasteiger partial charge on any atom is -0.392 e. The lowest BCUT2D eigenvalue weighted by atomic mass is 9.76. The van der Waals surface area contributed by atoms with Gasteiger partial charge < -0.3 is 10.8 Å². The van der Waals surface area contributed by atoms with Crippen LogP contribution in [0.2, 0.25) is 0 Å². The largest absolute Gasteiger partial charge is 0.392 e. The van der Waals surface area contributed by atoms with Gasteiger partial charge in [-0.2, -0.15) is 11.8 Å². The maximum absolute atomic E-state index is 10.6. The highest BCUT2D eigenvalue weighted by molar-refractivity contribution is 7.99. The Morgan fingerprint density at radius 2 is 2.22 bits per heavy atom. The zero-order valence-electron chi connectivity index (χ0n) is 11.1. The molecule has 0 fully saturated rings. The average molecular weight is 265 g/mol. The summed E-state index contributed by atoms with van der Waals surface area (Å²) in [6.45, 7) is 2.70. The lowest BCUT2D eigenvalue weighted by molar-refractivity contribution is 0.0817. The number of nitrogens with two attached hydrogens (primary N) is 1. The van der Waals surface area contributed by atoms with Crippen LogP contribution in [0.4, 0.5) is 0 Å². The Kier molecular flexibility index (Phi) is 4.71. The van der Waals surface area contributed by atoms with Gasteiger partial charge in [0.05, 0.1) is 6.10 Å². The number of hydrogen-bond donors (Lipinski definition) is 2. The first-order chi connectivity index (χ1) is 8.74. The minimum atomic E-state index is -0.315. The Balaban J connectivity index is 2.17. The molecule has 2 unspecified atom stereocenters. The smallest absolute Gasteiger partial charge is 0.0657 e. The van der Waals surface area contributed by atoms with Gasteiger partial charge in [-0.05, 0) is 41.9 Å². The summed E-state index contributed by atoms with van der Waals surface area (Å²) in [6, 6.07) is 8.44. The van der Waals surface area contributed by atoms with Crippen LogP contribution in [0.3, 0.4) is 0 Å². The molecule has 2 rings (SSSR count). The van der Waals surface area contributed by atoms with Crippen LogP contribution in [0.25, 0.3) is 0 Å². The molecule has 0 spiro atoms. The van der Waals surface area contributed by atoms with Crippen molar-refractivity contribution in [2.45, 2.75) is 37.7 Å². The second kappa shape index (κ2) is 6.09. The standard InChI is InChI=1S/C15H23NOS/c1-2-18-10-8-14(17)15(11-16)9-7-12-5-3-4-6-13(12)15/h3-6,14,17H,2,7-11,16H2,1H3. The van der Waals surface area contributed by atoms with Crippen molar-refractivity contribution in [1.29, 1.82) is 0 Å². The van der Waals surface area contributed by atoms with Gasteiger partial charge in [-0.1, -0.05) is 31.2 Å². The van der Waals surface area contributed by atoms with Crippen molar-refractivity contribution in [1.82, 2.24) is 0 Å². The van der Waals surface area contributed by atoms with Crippen LogP contribution in [0.5, 0.6) is 0 Å². The Morgan fingerprint density at radius 3 is 2.94 bits per heavy atom. The molecule has 0 aromatic heterocycles. The van der Waals surface area contributed by atoms with Crippen molar-refractivity contribution < 1.29 is 5.11 Å².